The Hall–Kier alpha value is -2.86. The minimum absolute atomic E-state index is 0.233. The molecule has 1 heterocycles. The number of halogens is 2. The fourth-order valence-corrected chi connectivity index (χ4v) is 3.92. The first-order valence-corrected chi connectivity index (χ1v) is 10.6. The summed E-state index contributed by atoms with van der Waals surface area (Å²) < 4.78 is 7.48. The lowest BCUT2D eigenvalue weighted by atomic mass is 9.87. The number of rotatable bonds is 8. The maximum absolute atomic E-state index is 11.7. The van der Waals surface area contributed by atoms with E-state index < -0.39 is 5.60 Å². The molecule has 7 heteroatoms. The van der Waals surface area contributed by atoms with Crippen molar-refractivity contribution in [3.05, 3.63) is 107 Å². The molecule has 0 saturated heterocycles. The van der Waals surface area contributed by atoms with E-state index in [0.717, 1.165) is 5.56 Å². The zero-order chi connectivity index (χ0) is 21.7. The summed E-state index contributed by atoms with van der Waals surface area (Å²) in [6.45, 7) is 0.233. The van der Waals surface area contributed by atoms with Crippen molar-refractivity contribution in [2.75, 3.05) is 0 Å². The Morgan fingerprint density at radius 1 is 0.935 bits per heavy atom. The second kappa shape index (κ2) is 9.52. The maximum Gasteiger partial charge on any atom is 0.137 e. The fraction of sp³-hybridized carbons (Fsp3) is 0.167. The van der Waals surface area contributed by atoms with Gasteiger partial charge in [-0.15, -0.1) is 0 Å². The van der Waals surface area contributed by atoms with E-state index in [0.29, 0.717) is 39.9 Å². The summed E-state index contributed by atoms with van der Waals surface area (Å²) >= 11 is 12.5. The molecule has 0 bridgehead atoms. The normalized spacial score (nSPS) is 13.0. The van der Waals surface area contributed by atoms with Crippen LogP contribution in [0.3, 0.4) is 0 Å². The Bertz CT molecular complexity index is 1120. The summed E-state index contributed by atoms with van der Waals surface area (Å²) in [5, 5.41) is 16.9. The molecule has 1 aromatic heterocycles. The number of hydrogen-bond acceptors (Lipinski definition) is 4. The molecule has 1 atom stereocenters. The second-order valence-electron chi connectivity index (χ2n) is 7.31. The largest absolute Gasteiger partial charge is 0.457 e. The highest BCUT2D eigenvalue weighted by Gasteiger charge is 2.32. The van der Waals surface area contributed by atoms with Crippen LogP contribution in [0.5, 0.6) is 11.5 Å². The van der Waals surface area contributed by atoms with Crippen LogP contribution in [0.4, 0.5) is 0 Å². The predicted octanol–water partition coefficient (Wildman–Crippen LogP) is 5.90. The first-order chi connectivity index (χ1) is 15.0. The van der Waals surface area contributed by atoms with Gasteiger partial charge < -0.3 is 9.84 Å². The number of aromatic nitrogens is 3. The van der Waals surface area contributed by atoms with Gasteiger partial charge in [0.2, 0.25) is 0 Å². The second-order valence-corrected chi connectivity index (χ2v) is 8.15. The van der Waals surface area contributed by atoms with E-state index in [1.165, 1.54) is 6.33 Å². The summed E-state index contributed by atoms with van der Waals surface area (Å²) in [4.78, 5) is 3.99. The third-order valence-electron chi connectivity index (χ3n) is 5.05. The molecule has 31 heavy (non-hydrogen) atoms. The monoisotopic (exact) mass is 453 g/mol. The van der Waals surface area contributed by atoms with Crippen LogP contribution in [0.15, 0.2) is 85.5 Å². The van der Waals surface area contributed by atoms with Crippen molar-refractivity contribution in [3.63, 3.8) is 0 Å². The Morgan fingerprint density at radius 3 is 2.35 bits per heavy atom. The molecular formula is C24H21Cl2N3O2. The third kappa shape index (κ3) is 5.44. The standard InChI is InChI=1S/C24H21Cl2N3O2/c25-19-6-8-20(9-7-19)31-21-10-11-22(23(26)14-21)24(30,15-29-17-27-16-28-29)13-12-18-4-2-1-3-5-18/h1-11,14,16-17,30H,12-13,15H2. The van der Waals surface area contributed by atoms with Gasteiger partial charge in [-0.25, -0.2) is 9.67 Å². The van der Waals surface area contributed by atoms with Crippen LogP contribution < -0.4 is 4.74 Å². The minimum Gasteiger partial charge on any atom is -0.457 e. The van der Waals surface area contributed by atoms with Crippen molar-refractivity contribution < 1.29 is 9.84 Å². The van der Waals surface area contributed by atoms with Crippen molar-refractivity contribution in [2.45, 2.75) is 25.0 Å². The van der Waals surface area contributed by atoms with Gasteiger partial charge in [0.1, 0.15) is 29.8 Å². The summed E-state index contributed by atoms with van der Waals surface area (Å²) in [5.74, 6) is 1.22. The quantitative estimate of drug-likeness (QED) is 0.360. The summed E-state index contributed by atoms with van der Waals surface area (Å²) in [6.07, 6.45) is 4.18. The lowest BCUT2D eigenvalue weighted by Gasteiger charge is -2.30. The molecule has 1 N–H and O–H groups in total. The Morgan fingerprint density at radius 2 is 1.68 bits per heavy atom. The lowest BCUT2D eigenvalue weighted by Crippen LogP contribution is -2.33. The molecule has 0 saturated carbocycles. The molecule has 5 nitrogen and oxygen atoms in total. The number of aliphatic hydroxyl groups is 1. The highest BCUT2D eigenvalue weighted by atomic mass is 35.5. The topological polar surface area (TPSA) is 60.2 Å². The fourth-order valence-electron chi connectivity index (χ4n) is 3.45. The highest BCUT2D eigenvalue weighted by Crippen LogP contribution is 2.37. The number of benzene rings is 3. The summed E-state index contributed by atoms with van der Waals surface area (Å²) in [5.41, 5.74) is 0.516. The van der Waals surface area contributed by atoms with E-state index in [-0.39, 0.29) is 6.54 Å². The van der Waals surface area contributed by atoms with Gasteiger partial charge in [0.15, 0.2) is 0 Å². The highest BCUT2D eigenvalue weighted by molar-refractivity contribution is 6.31. The molecule has 0 fully saturated rings. The van der Waals surface area contributed by atoms with Gasteiger partial charge in [0.05, 0.1) is 11.6 Å². The molecule has 3 aromatic carbocycles. The van der Waals surface area contributed by atoms with Gasteiger partial charge >= 0.3 is 0 Å². The lowest BCUT2D eigenvalue weighted by molar-refractivity contribution is 0.00655. The van der Waals surface area contributed by atoms with Gasteiger partial charge in [-0.3, -0.25) is 0 Å². The minimum atomic E-state index is -1.24. The van der Waals surface area contributed by atoms with Crippen LogP contribution in [0.1, 0.15) is 17.5 Å². The Kier molecular flexibility index (Phi) is 6.56. The van der Waals surface area contributed by atoms with Crippen LogP contribution in [-0.4, -0.2) is 19.9 Å². The molecule has 4 aromatic rings. The Balaban J connectivity index is 1.59. The maximum atomic E-state index is 11.7. The molecule has 0 amide bonds. The van der Waals surface area contributed by atoms with E-state index in [4.69, 9.17) is 27.9 Å². The average Bonchev–Trinajstić information content (AvgIpc) is 3.27. The first kappa shape index (κ1) is 21.4. The van der Waals surface area contributed by atoms with E-state index in [1.54, 1.807) is 53.5 Å². The van der Waals surface area contributed by atoms with Crippen molar-refractivity contribution >= 4 is 23.2 Å². The third-order valence-corrected chi connectivity index (χ3v) is 5.62. The number of aryl methyl sites for hydroxylation is 1. The zero-order valence-electron chi connectivity index (χ0n) is 16.7. The van der Waals surface area contributed by atoms with Gasteiger partial charge in [-0.05, 0) is 54.8 Å². The molecule has 158 valence electrons. The van der Waals surface area contributed by atoms with Crippen molar-refractivity contribution in [1.29, 1.82) is 0 Å². The van der Waals surface area contributed by atoms with Crippen LogP contribution in [0.25, 0.3) is 0 Å². The molecule has 4 rings (SSSR count). The number of ether oxygens (including phenoxy) is 1. The van der Waals surface area contributed by atoms with E-state index in [2.05, 4.69) is 10.1 Å². The van der Waals surface area contributed by atoms with Gasteiger partial charge in [-0.2, -0.15) is 5.10 Å². The number of hydrogen-bond donors (Lipinski definition) is 1. The van der Waals surface area contributed by atoms with Gasteiger partial charge in [-0.1, -0.05) is 59.6 Å². The van der Waals surface area contributed by atoms with Gasteiger partial charge in [0, 0.05) is 10.6 Å². The smallest absolute Gasteiger partial charge is 0.137 e. The predicted molar refractivity (Wildman–Crippen MR) is 122 cm³/mol. The van der Waals surface area contributed by atoms with Crippen LogP contribution in [-0.2, 0) is 18.6 Å². The molecule has 0 spiro atoms. The molecule has 1 unspecified atom stereocenters. The van der Waals surface area contributed by atoms with E-state index >= 15 is 0 Å². The molecular weight excluding hydrogens is 433 g/mol. The average molecular weight is 454 g/mol. The van der Waals surface area contributed by atoms with Crippen molar-refractivity contribution in [1.82, 2.24) is 14.8 Å². The molecule has 0 aliphatic heterocycles. The van der Waals surface area contributed by atoms with Crippen LogP contribution in [0, 0.1) is 0 Å². The molecule has 0 aliphatic rings. The number of nitrogens with zero attached hydrogens (tertiary/aromatic N) is 3. The van der Waals surface area contributed by atoms with E-state index in [9.17, 15) is 5.11 Å². The van der Waals surface area contributed by atoms with Gasteiger partial charge in [0.25, 0.3) is 0 Å². The summed E-state index contributed by atoms with van der Waals surface area (Å²) in [7, 11) is 0. The zero-order valence-corrected chi connectivity index (χ0v) is 18.2. The van der Waals surface area contributed by atoms with E-state index in [1.807, 2.05) is 30.3 Å². The van der Waals surface area contributed by atoms with Crippen LogP contribution >= 0.6 is 23.2 Å². The Labute approximate surface area is 190 Å². The van der Waals surface area contributed by atoms with Crippen LogP contribution in [0.2, 0.25) is 10.0 Å². The molecule has 0 radical (unpaired) electrons. The summed E-state index contributed by atoms with van der Waals surface area (Å²) in [6, 6.07) is 22.4. The van der Waals surface area contributed by atoms with Crippen molar-refractivity contribution in [3.8, 4) is 11.5 Å². The first-order valence-electron chi connectivity index (χ1n) is 9.84. The van der Waals surface area contributed by atoms with Crippen molar-refractivity contribution in [2.24, 2.45) is 0 Å². The SMILES string of the molecule is OC(CCc1ccccc1)(Cn1cncn1)c1ccc(Oc2ccc(Cl)cc2)cc1Cl. The molecule has 0 aliphatic carbocycles.